The molecule has 1 aliphatic heterocycles. The number of nitrogens with one attached hydrogen (secondary N) is 1. The Morgan fingerprint density at radius 3 is 2.29 bits per heavy atom. The molecule has 5 heteroatoms. The third-order valence-electron chi connectivity index (χ3n) is 7.78. The lowest BCUT2D eigenvalue weighted by Crippen LogP contribution is -2.47. The minimum Gasteiger partial charge on any atom is -0.367 e. The van der Waals surface area contributed by atoms with Gasteiger partial charge in [0.15, 0.2) is 0 Å². The Balaban J connectivity index is 1.30. The Morgan fingerprint density at radius 1 is 1.07 bits per heavy atom. The van der Waals surface area contributed by atoms with Crippen LogP contribution in [0.25, 0.3) is 0 Å². The maximum Gasteiger partial charge on any atom is 0.224 e. The van der Waals surface area contributed by atoms with E-state index in [0.717, 1.165) is 55.3 Å². The molecule has 0 unspecified atom stereocenters. The third-order valence-corrected chi connectivity index (χ3v) is 8.01. The minimum atomic E-state index is 0.180. The van der Waals surface area contributed by atoms with Gasteiger partial charge in [-0.05, 0) is 86.9 Å². The highest BCUT2D eigenvalue weighted by molar-refractivity contribution is 6.31. The van der Waals surface area contributed by atoms with Gasteiger partial charge < -0.3 is 15.1 Å². The predicted octanol–water partition coefficient (Wildman–Crippen LogP) is 4.64. The summed E-state index contributed by atoms with van der Waals surface area (Å²) in [5.41, 5.74) is 2.26. The Kier molecular flexibility index (Phi) is 4.83. The van der Waals surface area contributed by atoms with Gasteiger partial charge in [0.05, 0.1) is 11.4 Å². The van der Waals surface area contributed by atoms with E-state index in [1.54, 1.807) is 0 Å². The molecule has 1 amide bonds. The van der Waals surface area contributed by atoms with E-state index < -0.39 is 0 Å². The number of likely N-dealkylation sites (N-methyl/N-ethyl adjacent to an activating group) is 1. The van der Waals surface area contributed by atoms with Gasteiger partial charge in [-0.25, -0.2) is 0 Å². The number of piperazine rings is 1. The Bertz CT molecular complexity index is 721. The van der Waals surface area contributed by atoms with Crippen molar-refractivity contribution in [1.82, 2.24) is 4.90 Å². The topological polar surface area (TPSA) is 35.6 Å². The lowest BCUT2D eigenvalue weighted by Gasteiger charge is -2.56. The maximum atomic E-state index is 13.1. The second-order valence-corrected chi connectivity index (χ2v) is 10.5. The molecule has 4 saturated carbocycles. The van der Waals surface area contributed by atoms with Crippen molar-refractivity contribution in [3.8, 4) is 0 Å². The molecule has 0 radical (unpaired) electrons. The van der Waals surface area contributed by atoms with Crippen LogP contribution in [0.5, 0.6) is 0 Å². The number of carbonyl (C=O) groups is 1. The number of benzene rings is 1. The van der Waals surface area contributed by atoms with Crippen molar-refractivity contribution in [2.75, 3.05) is 43.4 Å². The number of rotatable bonds is 4. The van der Waals surface area contributed by atoms with Crippen molar-refractivity contribution in [3.63, 3.8) is 0 Å². The highest BCUT2D eigenvalue weighted by Crippen LogP contribution is 2.61. The highest BCUT2D eigenvalue weighted by Gasteiger charge is 2.51. The average molecular weight is 402 g/mol. The van der Waals surface area contributed by atoms with Crippen LogP contribution in [0.15, 0.2) is 18.2 Å². The van der Waals surface area contributed by atoms with Crippen molar-refractivity contribution in [2.45, 2.75) is 44.9 Å². The summed E-state index contributed by atoms with van der Waals surface area (Å²) in [5.74, 6) is 2.82. The van der Waals surface area contributed by atoms with Crippen LogP contribution in [0.4, 0.5) is 11.4 Å². The molecule has 0 atom stereocenters. The molecule has 4 nitrogen and oxygen atoms in total. The Hall–Kier alpha value is -1.26. The number of anilines is 2. The number of hydrogen-bond acceptors (Lipinski definition) is 3. The molecule has 0 spiro atoms. The lowest BCUT2D eigenvalue weighted by atomic mass is 9.49. The first kappa shape index (κ1) is 18.7. The summed E-state index contributed by atoms with van der Waals surface area (Å²) in [6.45, 7) is 4.05. The smallest absolute Gasteiger partial charge is 0.224 e. The molecule has 1 heterocycles. The zero-order chi connectivity index (χ0) is 19.3. The SMILES string of the molecule is CN1CCN(c2ccc(Cl)cc2NC(=O)CC23CC4CC(CC(C4)C2)C3)CC1. The predicted molar refractivity (Wildman–Crippen MR) is 115 cm³/mol. The molecular formula is C23H32ClN3O. The first-order valence-electron chi connectivity index (χ1n) is 11.0. The van der Waals surface area contributed by atoms with Gasteiger partial charge in [-0.1, -0.05) is 11.6 Å². The average Bonchev–Trinajstić information content (AvgIpc) is 2.61. The van der Waals surface area contributed by atoms with Gasteiger partial charge in [-0.3, -0.25) is 4.79 Å². The standard InChI is InChI=1S/C23H32ClN3O/c1-26-4-6-27(7-5-26)21-3-2-19(24)11-20(21)25-22(28)15-23-12-16-8-17(13-23)10-18(9-16)14-23/h2-3,11,16-18H,4-10,12-15H2,1H3,(H,25,28). The Morgan fingerprint density at radius 2 is 1.68 bits per heavy atom. The molecule has 152 valence electrons. The highest BCUT2D eigenvalue weighted by atomic mass is 35.5. The second-order valence-electron chi connectivity index (χ2n) is 10.1. The van der Waals surface area contributed by atoms with Crippen LogP contribution in [0.2, 0.25) is 5.02 Å². The van der Waals surface area contributed by atoms with E-state index in [1.165, 1.54) is 38.5 Å². The molecule has 6 rings (SSSR count). The van der Waals surface area contributed by atoms with Crippen LogP contribution in [0.3, 0.4) is 0 Å². The van der Waals surface area contributed by atoms with Gasteiger partial charge in [-0.15, -0.1) is 0 Å². The zero-order valence-corrected chi connectivity index (χ0v) is 17.7. The molecule has 5 aliphatic rings. The first-order valence-corrected chi connectivity index (χ1v) is 11.4. The van der Waals surface area contributed by atoms with Crippen LogP contribution in [0, 0.1) is 23.2 Å². The van der Waals surface area contributed by atoms with Crippen molar-refractivity contribution in [2.24, 2.45) is 23.2 Å². The van der Waals surface area contributed by atoms with E-state index in [0.29, 0.717) is 11.4 Å². The van der Waals surface area contributed by atoms with Gasteiger partial charge in [-0.2, -0.15) is 0 Å². The molecule has 0 aromatic heterocycles. The maximum absolute atomic E-state index is 13.1. The Labute approximate surface area is 173 Å². The lowest BCUT2D eigenvalue weighted by molar-refractivity contribution is -0.124. The summed E-state index contributed by atoms with van der Waals surface area (Å²) >= 11 is 6.28. The normalized spacial score (nSPS) is 34.6. The summed E-state index contributed by atoms with van der Waals surface area (Å²) in [6, 6.07) is 5.92. The van der Waals surface area contributed by atoms with Gasteiger partial charge in [0.1, 0.15) is 0 Å². The molecule has 4 aliphatic carbocycles. The van der Waals surface area contributed by atoms with Crippen molar-refractivity contribution >= 4 is 28.9 Å². The van der Waals surface area contributed by atoms with E-state index in [9.17, 15) is 4.79 Å². The van der Waals surface area contributed by atoms with Gasteiger partial charge in [0, 0.05) is 37.6 Å². The van der Waals surface area contributed by atoms with E-state index in [1.807, 2.05) is 12.1 Å². The summed E-state index contributed by atoms with van der Waals surface area (Å²) in [6.07, 6.45) is 8.76. The number of amides is 1. The summed E-state index contributed by atoms with van der Waals surface area (Å²) in [7, 11) is 2.16. The van der Waals surface area contributed by atoms with Crippen LogP contribution < -0.4 is 10.2 Å². The van der Waals surface area contributed by atoms with E-state index in [4.69, 9.17) is 11.6 Å². The second kappa shape index (κ2) is 7.21. The summed E-state index contributed by atoms with van der Waals surface area (Å²) in [4.78, 5) is 17.8. The minimum absolute atomic E-state index is 0.180. The van der Waals surface area contributed by atoms with Crippen LogP contribution in [-0.4, -0.2) is 44.0 Å². The molecule has 28 heavy (non-hydrogen) atoms. The fourth-order valence-electron chi connectivity index (χ4n) is 6.97. The van der Waals surface area contributed by atoms with E-state index in [2.05, 4.69) is 28.2 Å². The van der Waals surface area contributed by atoms with Gasteiger partial charge in [0.25, 0.3) is 0 Å². The van der Waals surface area contributed by atoms with Crippen LogP contribution in [-0.2, 0) is 4.79 Å². The quantitative estimate of drug-likeness (QED) is 0.798. The summed E-state index contributed by atoms with van der Waals surface area (Å²) < 4.78 is 0. The molecule has 1 saturated heterocycles. The molecule has 1 N–H and O–H groups in total. The van der Waals surface area contributed by atoms with Crippen molar-refractivity contribution in [3.05, 3.63) is 23.2 Å². The van der Waals surface area contributed by atoms with Gasteiger partial charge >= 0.3 is 0 Å². The van der Waals surface area contributed by atoms with Crippen LogP contribution >= 0.6 is 11.6 Å². The zero-order valence-electron chi connectivity index (χ0n) is 16.9. The first-order chi connectivity index (χ1) is 13.5. The number of halogens is 1. The van der Waals surface area contributed by atoms with Crippen molar-refractivity contribution in [1.29, 1.82) is 0 Å². The largest absolute Gasteiger partial charge is 0.367 e. The molecule has 5 fully saturated rings. The van der Waals surface area contributed by atoms with E-state index in [-0.39, 0.29) is 11.3 Å². The number of carbonyl (C=O) groups excluding carboxylic acids is 1. The molecular weight excluding hydrogens is 370 g/mol. The summed E-state index contributed by atoms with van der Waals surface area (Å²) in [5, 5.41) is 3.94. The molecule has 1 aromatic rings. The third kappa shape index (κ3) is 3.66. The molecule has 1 aromatic carbocycles. The molecule has 4 bridgehead atoms. The fourth-order valence-corrected chi connectivity index (χ4v) is 7.15. The van der Waals surface area contributed by atoms with Crippen LogP contribution in [0.1, 0.15) is 44.9 Å². The number of nitrogens with zero attached hydrogens (tertiary/aromatic N) is 2. The van der Waals surface area contributed by atoms with Crippen molar-refractivity contribution < 1.29 is 4.79 Å². The number of hydrogen-bond donors (Lipinski definition) is 1. The monoisotopic (exact) mass is 401 g/mol. The van der Waals surface area contributed by atoms with E-state index >= 15 is 0 Å². The fraction of sp³-hybridized carbons (Fsp3) is 0.696. The van der Waals surface area contributed by atoms with Gasteiger partial charge in [0.2, 0.25) is 5.91 Å².